The molecule has 0 aromatic heterocycles. The van der Waals surface area contributed by atoms with Gasteiger partial charge in [0, 0.05) is 5.92 Å². The van der Waals surface area contributed by atoms with Crippen molar-refractivity contribution in [2.24, 2.45) is 5.92 Å². The predicted octanol–water partition coefficient (Wildman–Crippen LogP) is 3.84. The van der Waals surface area contributed by atoms with Crippen LogP contribution in [0.25, 0.3) is 0 Å². The average molecular weight is 422 g/mol. The molecule has 2 rings (SSSR count). The van der Waals surface area contributed by atoms with Gasteiger partial charge in [0.15, 0.2) is 0 Å². The number of esters is 1. The molecule has 4 atom stereocenters. The molecule has 0 radical (unpaired) electrons. The van der Waals surface area contributed by atoms with Gasteiger partial charge in [0.1, 0.15) is 12.2 Å². The predicted molar refractivity (Wildman–Crippen MR) is 113 cm³/mol. The van der Waals surface area contributed by atoms with Crippen molar-refractivity contribution in [3.63, 3.8) is 0 Å². The van der Waals surface area contributed by atoms with Crippen LogP contribution in [0.3, 0.4) is 0 Å². The van der Waals surface area contributed by atoms with E-state index in [9.17, 15) is 9.59 Å². The second-order valence-electron chi connectivity index (χ2n) is 8.62. The van der Waals surface area contributed by atoms with Gasteiger partial charge in [-0.1, -0.05) is 44.2 Å². The molecule has 1 aromatic carbocycles. The van der Waals surface area contributed by atoms with E-state index in [1.54, 1.807) is 20.8 Å². The highest BCUT2D eigenvalue weighted by Crippen LogP contribution is 2.27. The summed E-state index contributed by atoms with van der Waals surface area (Å²) in [6.45, 7) is 10.3. The highest BCUT2D eigenvalue weighted by atomic mass is 16.6. The smallest absolute Gasteiger partial charge is 0.407 e. The van der Waals surface area contributed by atoms with Crippen LogP contribution in [-0.2, 0) is 30.3 Å². The summed E-state index contributed by atoms with van der Waals surface area (Å²) in [5.74, 6) is -0.292. The lowest BCUT2D eigenvalue weighted by Crippen LogP contribution is -2.56. The van der Waals surface area contributed by atoms with Crippen LogP contribution in [0.15, 0.2) is 30.3 Å². The summed E-state index contributed by atoms with van der Waals surface area (Å²) >= 11 is 0. The SMILES string of the molecule is CC[C@H]1OC[C@@H](NC(=O)OCCC(=O)OC(C)(C)C)[C@@H](OCc2ccccc2)[C@H]1C. The van der Waals surface area contributed by atoms with Crippen LogP contribution < -0.4 is 5.32 Å². The molecule has 1 aromatic rings. The Hall–Kier alpha value is -2.12. The van der Waals surface area contributed by atoms with Crippen molar-refractivity contribution in [2.45, 2.75) is 77.9 Å². The van der Waals surface area contributed by atoms with Crippen molar-refractivity contribution in [1.82, 2.24) is 5.32 Å². The maximum atomic E-state index is 12.3. The molecule has 0 bridgehead atoms. The molecule has 0 saturated carbocycles. The standard InChI is InChI=1S/C23H35NO6/c1-6-19-16(2)21(29-14-17-10-8-7-9-11-17)18(15-28-19)24-22(26)27-13-12-20(25)30-23(3,4)5/h7-11,16,18-19,21H,6,12-15H2,1-5H3,(H,24,26)/t16-,18+,19+,21-/m0/s1. The number of benzene rings is 1. The monoisotopic (exact) mass is 421 g/mol. The number of amides is 1. The zero-order valence-corrected chi connectivity index (χ0v) is 18.7. The molecule has 1 N–H and O–H groups in total. The molecular weight excluding hydrogens is 386 g/mol. The van der Waals surface area contributed by atoms with Crippen molar-refractivity contribution in [3.05, 3.63) is 35.9 Å². The third kappa shape index (κ3) is 7.95. The van der Waals surface area contributed by atoms with Crippen LogP contribution in [0.1, 0.15) is 53.0 Å². The van der Waals surface area contributed by atoms with Gasteiger partial charge < -0.3 is 24.3 Å². The first-order valence-corrected chi connectivity index (χ1v) is 10.6. The molecule has 1 aliphatic rings. The average Bonchev–Trinajstić information content (AvgIpc) is 2.67. The highest BCUT2D eigenvalue weighted by molar-refractivity contribution is 5.71. The van der Waals surface area contributed by atoms with E-state index in [-0.39, 0.29) is 37.2 Å². The Morgan fingerprint density at radius 3 is 2.53 bits per heavy atom. The number of nitrogens with one attached hydrogen (secondary N) is 1. The van der Waals surface area contributed by atoms with E-state index in [4.69, 9.17) is 18.9 Å². The molecule has 168 valence electrons. The lowest BCUT2D eigenvalue weighted by Gasteiger charge is -2.41. The molecule has 7 nitrogen and oxygen atoms in total. The van der Waals surface area contributed by atoms with E-state index in [1.165, 1.54) is 0 Å². The Kier molecular flexibility index (Phi) is 9.11. The molecule has 1 aliphatic heterocycles. The first-order valence-electron chi connectivity index (χ1n) is 10.6. The van der Waals surface area contributed by atoms with E-state index >= 15 is 0 Å². The van der Waals surface area contributed by atoms with Gasteiger partial charge >= 0.3 is 12.1 Å². The van der Waals surface area contributed by atoms with Gasteiger partial charge in [-0.2, -0.15) is 0 Å². The first kappa shape index (κ1) is 24.2. The molecule has 30 heavy (non-hydrogen) atoms. The van der Waals surface area contributed by atoms with Gasteiger partial charge in [-0.3, -0.25) is 4.79 Å². The number of carbonyl (C=O) groups excluding carboxylic acids is 2. The molecule has 1 heterocycles. The second-order valence-corrected chi connectivity index (χ2v) is 8.62. The molecule has 0 unspecified atom stereocenters. The minimum Gasteiger partial charge on any atom is -0.460 e. The molecule has 7 heteroatoms. The molecular formula is C23H35NO6. The highest BCUT2D eigenvalue weighted by Gasteiger charge is 2.38. The third-order valence-corrected chi connectivity index (χ3v) is 4.94. The van der Waals surface area contributed by atoms with Crippen molar-refractivity contribution in [2.75, 3.05) is 13.2 Å². The maximum absolute atomic E-state index is 12.3. The number of rotatable bonds is 8. The minimum atomic E-state index is -0.595. The Morgan fingerprint density at radius 1 is 1.20 bits per heavy atom. The summed E-state index contributed by atoms with van der Waals surface area (Å²) in [6.07, 6.45) is 0.157. The van der Waals surface area contributed by atoms with Gasteiger partial charge in [-0.05, 0) is 32.8 Å². The van der Waals surface area contributed by atoms with Crippen molar-refractivity contribution >= 4 is 12.1 Å². The molecule has 1 amide bonds. The Balaban J connectivity index is 1.87. The van der Waals surface area contributed by atoms with E-state index in [0.29, 0.717) is 13.2 Å². The van der Waals surface area contributed by atoms with E-state index in [2.05, 4.69) is 19.2 Å². The topological polar surface area (TPSA) is 83.1 Å². The largest absolute Gasteiger partial charge is 0.460 e. The van der Waals surface area contributed by atoms with Crippen molar-refractivity contribution in [3.8, 4) is 0 Å². The van der Waals surface area contributed by atoms with Gasteiger partial charge in [0.25, 0.3) is 0 Å². The van der Waals surface area contributed by atoms with Crippen LogP contribution in [0.4, 0.5) is 4.79 Å². The summed E-state index contributed by atoms with van der Waals surface area (Å²) in [6, 6.07) is 9.59. The molecule has 1 saturated heterocycles. The lowest BCUT2D eigenvalue weighted by atomic mass is 9.88. The van der Waals surface area contributed by atoms with Gasteiger partial charge in [-0.15, -0.1) is 0 Å². The normalized spacial score (nSPS) is 24.2. The summed E-state index contributed by atoms with van der Waals surface area (Å²) < 4.78 is 22.5. The number of hydrogen-bond acceptors (Lipinski definition) is 6. The molecule has 0 aliphatic carbocycles. The fraction of sp³-hybridized carbons (Fsp3) is 0.652. The number of hydrogen-bond donors (Lipinski definition) is 1. The Labute approximate surface area is 179 Å². The second kappa shape index (κ2) is 11.3. The third-order valence-electron chi connectivity index (χ3n) is 4.94. The maximum Gasteiger partial charge on any atom is 0.407 e. The molecule has 1 fully saturated rings. The quantitative estimate of drug-likeness (QED) is 0.642. The number of carbonyl (C=O) groups is 2. The fourth-order valence-electron chi connectivity index (χ4n) is 3.51. The van der Waals surface area contributed by atoms with Gasteiger partial charge in [0.05, 0.1) is 37.9 Å². The number of ether oxygens (including phenoxy) is 4. The van der Waals surface area contributed by atoms with E-state index in [0.717, 1.165) is 12.0 Å². The lowest BCUT2D eigenvalue weighted by molar-refractivity contribution is -0.155. The summed E-state index contributed by atoms with van der Waals surface area (Å²) in [5, 5.41) is 2.84. The Bertz CT molecular complexity index is 672. The summed E-state index contributed by atoms with van der Waals surface area (Å²) in [4.78, 5) is 24.0. The van der Waals surface area contributed by atoms with E-state index in [1.807, 2.05) is 30.3 Å². The number of alkyl carbamates (subject to hydrolysis) is 1. The summed E-state index contributed by atoms with van der Waals surface area (Å²) in [5.41, 5.74) is 0.511. The van der Waals surface area contributed by atoms with Crippen molar-refractivity contribution < 1.29 is 28.5 Å². The summed E-state index contributed by atoms with van der Waals surface area (Å²) in [7, 11) is 0. The van der Waals surface area contributed by atoms with Crippen molar-refractivity contribution in [1.29, 1.82) is 0 Å². The fourth-order valence-corrected chi connectivity index (χ4v) is 3.51. The molecule has 0 spiro atoms. The van der Waals surface area contributed by atoms with Crippen LogP contribution in [0, 0.1) is 5.92 Å². The van der Waals surface area contributed by atoms with Crippen LogP contribution >= 0.6 is 0 Å². The van der Waals surface area contributed by atoms with Crippen LogP contribution in [0.2, 0.25) is 0 Å². The van der Waals surface area contributed by atoms with E-state index < -0.39 is 17.7 Å². The first-order chi connectivity index (χ1) is 14.2. The van der Waals surface area contributed by atoms with Gasteiger partial charge in [0.2, 0.25) is 0 Å². The van der Waals surface area contributed by atoms with Crippen LogP contribution in [-0.4, -0.2) is 49.1 Å². The zero-order chi connectivity index (χ0) is 22.1. The van der Waals surface area contributed by atoms with Crippen LogP contribution in [0.5, 0.6) is 0 Å². The minimum absolute atomic E-state index is 0.00804. The Morgan fingerprint density at radius 2 is 1.90 bits per heavy atom. The zero-order valence-electron chi connectivity index (χ0n) is 18.7. The van der Waals surface area contributed by atoms with Gasteiger partial charge in [-0.25, -0.2) is 4.79 Å².